The van der Waals surface area contributed by atoms with Crippen LogP contribution in [0.15, 0.2) is 121 Å². The highest BCUT2D eigenvalue weighted by atomic mass is 31.2. The Labute approximate surface area is 178 Å². The molecule has 0 bridgehead atoms. The van der Waals surface area contributed by atoms with E-state index in [0.717, 1.165) is 15.9 Å². The molecule has 0 aliphatic heterocycles. The third-order valence-electron chi connectivity index (χ3n) is 5.18. The zero-order valence-electron chi connectivity index (χ0n) is 16.9. The lowest BCUT2D eigenvalue weighted by Crippen LogP contribution is -2.44. The van der Waals surface area contributed by atoms with E-state index in [1.54, 1.807) is 6.92 Å². The quantitative estimate of drug-likeness (QED) is 0.401. The molecule has 0 amide bonds. The predicted molar refractivity (Wildman–Crippen MR) is 127 cm³/mol. The molecule has 4 aromatic rings. The van der Waals surface area contributed by atoms with Crippen LogP contribution in [0.4, 0.5) is 0 Å². The molecule has 2 nitrogen and oxygen atoms in total. The maximum Gasteiger partial charge on any atom is 0.277 e. The van der Waals surface area contributed by atoms with Crippen LogP contribution >= 0.6 is 7.26 Å². The first-order chi connectivity index (χ1) is 14.7. The van der Waals surface area contributed by atoms with Gasteiger partial charge in [0.05, 0.1) is 0 Å². The second-order valence-electron chi connectivity index (χ2n) is 7.12. The van der Waals surface area contributed by atoms with Crippen LogP contribution in [0.25, 0.3) is 0 Å². The Morgan fingerprint density at radius 3 is 1.27 bits per heavy atom. The van der Waals surface area contributed by atoms with Crippen molar-refractivity contribution in [3.63, 3.8) is 0 Å². The maximum atomic E-state index is 13.2. The summed E-state index contributed by atoms with van der Waals surface area (Å²) < 4.78 is 6.50. The molecule has 0 saturated heterocycles. The highest BCUT2D eigenvalue weighted by Crippen LogP contribution is 2.60. The van der Waals surface area contributed by atoms with Gasteiger partial charge < -0.3 is 4.74 Å². The van der Waals surface area contributed by atoms with Crippen molar-refractivity contribution in [1.29, 1.82) is 0 Å². The maximum absolute atomic E-state index is 13.2. The topological polar surface area (TPSA) is 26.3 Å². The van der Waals surface area contributed by atoms with E-state index >= 15 is 0 Å². The zero-order chi connectivity index (χ0) is 20.8. The van der Waals surface area contributed by atoms with E-state index in [0.29, 0.717) is 5.75 Å². The molecule has 0 aromatic heterocycles. The van der Waals surface area contributed by atoms with Gasteiger partial charge >= 0.3 is 0 Å². The van der Waals surface area contributed by atoms with Gasteiger partial charge in [-0.05, 0) is 48.5 Å². The van der Waals surface area contributed by atoms with Gasteiger partial charge in [0.1, 0.15) is 21.7 Å². The molecule has 0 aliphatic carbocycles. The smallest absolute Gasteiger partial charge is 0.277 e. The Hall–Kier alpha value is -3.22. The van der Waals surface area contributed by atoms with Gasteiger partial charge in [-0.15, -0.1) is 0 Å². The minimum atomic E-state index is -2.46. The van der Waals surface area contributed by atoms with Crippen LogP contribution < -0.4 is 20.7 Å². The fraction of sp³-hybridized carbons (Fsp3) is 0.0741. The molecule has 1 unspecified atom stereocenters. The summed E-state index contributed by atoms with van der Waals surface area (Å²) in [7, 11) is -2.46. The Balaban J connectivity index is 2.04. The SMILES string of the molecule is CC(=O)C(Oc1ccccc1)[P+](c1ccccc1)(c1ccccc1)c1ccccc1. The zero-order valence-corrected chi connectivity index (χ0v) is 17.8. The summed E-state index contributed by atoms with van der Waals surface area (Å²) in [6.07, 6.45) is 0. The van der Waals surface area contributed by atoms with Gasteiger partial charge in [0, 0.05) is 6.92 Å². The van der Waals surface area contributed by atoms with Gasteiger partial charge in [-0.3, -0.25) is 4.79 Å². The molecule has 4 aromatic carbocycles. The molecular formula is C27H24O2P+. The second kappa shape index (κ2) is 9.07. The fourth-order valence-electron chi connectivity index (χ4n) is 3.91. The number of ether oxygens (including phenoxy) is 1. The summed E-state index contributed by atoms with van der Waals surface area (Å²) in [6.45, 7) is 1.64. The Morgan fingerprint density at radius 1 is 0.600 bits per heavy atom. The number of carbonyl (C=O) groups excluding carboxylic acids is 1. The van der Waals surface area contributed by atoms with E-state index in [-0.39, 0.29) is 5.78 Å². The first kappa shape index (κ1) is 20.1. The number of ketones is 1. The molecule has 4 rings (SSSR count). The fourth-order valence-corrected chi connectivity index (χ4v) is 8.36. The monoisotopic (exact) mass is 411 g/mol. The van der Waals surface area contributed by atoms with Crippen LogP contribution in [-0.4, -0.2) is 11.6 Å². The third-order valence-corrected chi connectivity index (χ3v) is 9.69. The molecule has 1 atom stereocenters. The van der Waals surface area contributed by atoms with Crippen molar-refractivity contribution in [2.45, 2.75) is 12.8 Å². The van der Waals surface area contributed by atoms with Gasteiger partial charge in [0.25, 0.3) is 5.85 Å². The van der Waals surface area contributed by atoms with Crippen LogP contribution in [0, 0.1) is 0 Å². The number of hydrogen-bond donors (Lipinski definition) is 0. The van der Waals surface area contributed by atoms with Crippen LogP contribution in [-0.2, 0) is 4.79 Å². The number of rotatable bonds is 7. The van der Waals surface area contributed by atoms with Crippen LogP contribution in [0.2, 0.25) is 0 Å². The summed E-state index contributed by atoms with van der Waals surface area (Å²) in [4.78, 5) is 13.2. The highest BCUT2D eigenvalue weighted by molar-refractivity contribution is 7.96. The number of para-hydroxylation sites is 1. The molecular weight excluding hydrogens is 387 g/mol. The van der Waals surface area contributed by atoms with Crippen LogP contribution in [0.3, 0.4) is 0 Å². The molecule has 0 spiro atoms. The van der Waals surface area contributed by atoms with E-state index in [9.17, 15) is 4.79 Å². The van der Waals surface area contributed by atoms with Crippen molar-refractivity contribution < 1.29 is 9.53 Å². The van der Waals surface area contributed by atoms with Gasteiger partial charge in [0.15, 0.2) is 7.26 Å². The number of Topliss-reactive ketones (excluding diaryl/α,β-unsaturated/α-hetero) is 1. The van der Waals surface area contributed by atoms with Crippen molar-refractivity contribution >= 4 is 29.0 Å². The number of carbonyl (C=O) groups is 1. The van der Waals surface area contributed by atoms with E-state index in [2.05, 4.69) is 36.4 Å². The van der Waals surface area contributed by atoms with Crippen molar-refractivity contribution in [3.8, 4) is 5.75 Å². The van der Waals surface area contributed by atoms with Crippen molar-refractivity contribution in [2.24, 2.45) is 0 Å². The average Bonchev–Trinajstić information content (AvgIpc) is 2.82. The predicted octanol–water partition coefficient (Wildman–Crippen LogP) is 4.97. The van der Waals surface area contributed by atoms with E-state index < -0.39 is 13.1 Å². The molecule has 0 fully saturated rings. The Bertz CT molecular complexity index is 984. The van der Waals surface area contributed by atoms with Gasteiger partial charge in [-0.25, -0.2) is 0 Å². The minimum absolute atomic E-state index is 0.0174. The molecule has 0 aliphatic rings. The van der Waals surface area contributed by atoms with Crippen molar-refractivity contribution in [3.05, 3.63) is 121 Å². The Kier molecular flexibility index (Phi) is 6.07. The first-order valence-corrected chi connectivity index (χ1v) is 11.9. The van der Waals surface area contributed by atoms with Crippen LogP contribution in [0.1, 0.15) is 6.92 Å². The van der Waals surface area contributed by atoms with E-state index in [1.165, 1.54) is 0 Å². The first-order valence-electron chi connectivity index (χ1n) is 10.0. The normalized spacial score (nSPS) is 12.2. The van der Waals surface area contributed by atoms with Gasteiger partial charge in [0.2, 0.25) is 5.78 Å². The van der Waals surface area contributed by atoms with Crippen LogP contribution in [0.5, 0.6) is 5.75 Å². The highest BCUT2D eigenvalue weighted by Gasteiger charge is 2.56. The average molecular weight is 411 g/mol. The van der Waals surface area contributed by atoms with E-state index in [1.807, 2.05) is 84.9 Å². The number of hydrogen-bond acceptors (Lipinski definition) is 2. The second-order valence-corrected chi connectivity index (χ2v) is 10.6. The lowest BCUT2D eigenvalue weighted by Gasteiger charge is -2.33. The molecule has 148 valence electrons. The third kappa shape index (κ3) is 3.79. The summed E-state index contributed by atoms with van der Waals surface area (Å²) in [5.41, 5.74) is 0. The number of benzene rings is 4. The van der Waals surface area contributed by atoms with Gasteiger partial charge in [-0.2, -0.15) is 0 Å². The summed E-state index contributed by atoms with van der Waals surface area (Å²) in [5, 5.41) is 3.37. The Morgan fingerprint density at radius 2 is 0.933 bits per heavy atom. The molecule has 3 heteroatoms. The minimum Gasteiger partial charge on any atom is -0.448 e. The molecule has 30 heavy (non-hydrogen) atoms. The standard InChI is InChI=1S/C27H24O2P/c1-22(28)27(29-23-14-6-2-7-15-23)30(24-16-8-3-9-17-24,25-18-10-4-11-19-25)26-20-12-5-13-21-26/h2-21,27H,1H3/q+1. The van der Waals surface area contributed by atoms with Crippen molar-refractivity contribution in [1.82, 2.24) is 0 Å². The largest absolute Gasteiger partial charge is 0.448 e. The van der Waals surface area contributed by atoms with Gasteiger partial charge in [-0.1, -0.05) is 72.8 Å². The molecule has 0 heterocycles. The summed E-state index contributed by atoms with van der Waals surface area (Å²) in [5.74, 6) is 0.0840. The lowest BCUT2D eigenvalue weighted by atomic mass is 10.3. The molecule has 0 radical (unpaired) electrons. The molecule has 0 N–H and O–H groups in total. The lowest BCUT2D eigenvalue weighted by molar-refractivity contribution is -0.120. The summed E-state index contributed by atoms with van der Waals surface area (Å²) in [6, 6.07) is 40.6. The summed E-state index contributed by atoms with van der Waals surface area (Å²) >= 11 is 0. The molecule has 0 saturated carbocycles. The van der Waals surface area contributed by atoms with E-state index in [4.69, 9.17) is 4.74 Å². The van der Waals surface area contributed by atoms with Crippen molar-refractivity contribution in [2.75, 3.05) is 0 Å².